The van der Waals surface area contributed by atoms with E-state index in [-0.39, 0.29) is 12.4 Å². The van der Waals surface area contributed by atoms with Gasteiger partial charge in [-0.25, -0.2) is 4.39 Å². The molecular formula is C14H18FNO. The predicted octanol–water partition coefficient (Wildman–Crippen LogP) is 3.33. The zero-order valence-corrected chi connectivity index (χ0v) is 9.90. The molecule has 2 rings (SSSR count). The minimum atomic E-state index is -0.151. The number of halogens is 1. The summed E-state index contributed by atoms with van der Waals surface area (Å²) in [6.45, 7) is 1.19. The first-order valence-corrected chi connectivity index (χ1v) is 6.17. The number of aryl methyl sites for hydroxylation is 1. The van der Waals surface area contributed by atoms with E-state index < -0.39 is 0 Å². The normalized spacial score (nSPS) is 11.2. The van der Waals surface area contributed by atoms with E-state index in [1.807, 2.05) is 18.3 Å². The Morgan fingerprint density at radius 3 is 2.71 bits per heavy atom. The van der Waals surface area contributed by atoms with Gasteiger partial charge in [0.05, 0.1) is 5.52 Å². The lowest BCUT2D eigenvalue weighted by Crippen LogP contribution is -1.96. The Morgan fingerprint density at radius 2 is 1.88 bits per heavy atom. The van der Waals surface area contributed by atoms with Gasteiger partial charge in [0.15, 0.2) is 0 Å². The van der Waals surface area contributed by atoms with Crippen LogP contribution < -0.4 is 0 Å². The van der Waals surface area contributed by atoms with E-state index in [0.29, 0.717) is 5.39 Å². The van der Waals surface area contributed by atoms with Crippen molar-refractivity contribution in [2.45, 2.75) is 32.2 Å². The number of fused-ring (bicyclic) bond motifs is 1. The molecule has 17 heavy (non-hydrogen) atoms. The van der Waals surface area contributed by atoms with Crippen molar-refractivity contribution in [3.05, 3.63) is 36.3 Å². The summed E-state index contributed by atoms with van der Waals surface area (Å²) >= 11 is 0. The van der Waals surface area contributed by atoms with Crippen LogP contribution in [-0.2, 0) is 6.54 Å². The van der Waals surface area contributed by atoms with Crippen LogP contribution in [-0.4, -0.2) is 16.3 Å². The molecule has 0 aliphatic carbocycles. The Balaban J connectivity index is 1.97. The van der Waals surface area contributed by atoms with Gasteiger partial charge in [-0.2, -0.15) is 0 Å². The second-order valence-electron chi connectivity index (χ2n) is 4.32. The van der Waals surface area contributed by atoms with Crippen molar-refractivity contribution in [2.24, 2.45) is 0 Å². The third kappa shape index (κ3) is 2.86. The molecule has 0 fully saturated rings. The summed E-state index contributed by atoms with van der Waals surface area (Å²) < 4.78 is 15.5. The van der Waals surface area contributed by atoms with E-state index >= 15 is 0 Å². The van der Waals surface area contributed by atoms with Crippen molar-refractivity contribution in [1.82, 2.24) is 4.57 Å². The van der Waals surface area contributed by atoms with Crippen LogP contribution in [0.5, 0.6) is 0 Å². The van der Waals surface area contributed by atoms with Crippen molar-refractivity contribution >= 4 is 10.9 Å². The first-order chi connectivity index (χ1) is 8.33. The van der Waals surface area contributed by atoms with Crippen LogP contribution in [0.15, 0.2) is 30.5 Å². The van der Waals surface area contributed by atoms with E-state index in [1.165, 1.54) is 6.07 Å². The summed E-state index contributed by atoms with van der Waals surface area (Å²) in [4.78, 5) is 0. The number of benzene rings is 1. The molecule has 1 N–H and O–H groups in total. The number of aromatic nitrogens is 1. The fourth-order valence-corrected chi connectivity index (χ4v) is 2.13. The molecule has 0 unspecified atom stereocenters. The summed E-state index contributed by atoms with van der Waals surface area (Å²) in [6.07, 6.45) is 6.06. The molecule has 1 aromatic heterocycles. The zero-order valence-electron chi connectivity index (χ0n) is 9.90. The molecule has 92 valence electrons. The highest BCUT2D eigenvalue weighted by atomic mass is 19.1. The lowest BCUT2D eigenvalue weighted by molar-refractivity contribution is 0.282. The smallest absolute Gasteiger partial charge is 0.132 e. The van der Waals surface area contributed by atoms with Crippen molar-refractivity contribution in [2.75, 3.05) is 6.61 Å². The molecule has 0 bridgehead atoms. The van der Waals surface area contributed by atoms with Crippen molar-refractivity contribution < 1.29 is 9.50 Å². The minimum absolute atomic E-state index is 0.151. The first-order valence-electron chi connectivity index (χ1n) is 6.17. The van der Waals surface area contributed by atoms with Gasteiger partial charge in [-0.1, -0.05) is 18.9 Å². The number of rotatable bonds is 6. The minimum Gasteiger partial charge on any atom is -0.396 e. The number of nitrogens with zero attached hydrogens (tertiary/aromatic N) is 1. The molecule has 2 nitrogen and oxygen atoms in total. The molecule has 0 saturated heterocycles. The van der Waals surface area contributed by atoms with Crippen LogP contribution >= 0.6 is 0 Å². The molecule has 0 radical (unpaired) electrons. The molecule has 0 amide bonds. The van der Waals surface area contributed by atoms with Gasteiger partial charge in [-0.05, 0) is 31.0 Å². The fourth-order valence-electron chi connectivity index (χ4n) is 2.13. The maximum absolute atomic E-state index is 13.4. The summed E-state index contributed by atoms with van der Waals surface area (Å²) in [7, 11) is 0. The first kappa shape index (κ1) is 12.1. The van der Waals surface area contributed by atoms with E-state index in [1.54, 1.807) is 6.07 Å². The second-order valence-corrected chi connectivity index (χ2v) is 4.32. The van der Waals surface area contributed by atoms with Crippen molar-refractivity contribution in [3.63, 3.8) is 0 Å². The average molecular weight is 235 g/mol. The van der Waals surface area contributed by atoms with Crippen LogP contribution in [0.25, 0.3) is 10.9 Å². The maximum Gasteiger partial charge on any atom is 0.132 e. The van der Waals surface area contributed by atoms with Crippen LogP contribution in [0.3, 0.4) is 0 Å². The van der Waals surface area contributed by atoms with Crippen LogP contribution in [0.2, 0.25) is 0 Å². The van der Waals surface area contributed by atoms with Crippen LogP contribution in [0.4, 0.5) is 4.39 Å². The van der Waals surface area contributed by atoms with Crippen molar-refractivity contribution in [3.8, 4) is 0 Å². The van der Waals surface area contributed by atoms with Crippen LogP contribution in [0, 0.1) is 5.82 Å². The van der Waals surface area contributed by atoms with E-state index in [4.69, 9.17) is 5.11 Å². The third-order valence-electron chi connectivity index (χ3n) is 3.07. The Morgan fingerprint density at radius 1 is 1.06 bits per heavy atom. The third-order valence-corrected chi connectivity index (χ3v) is 3.07. The quantitative estimate of drug-likeness (QED) is 0.763. The molecular weight excluding hydrogens is 217 g/mol. The molecule has 1 heterocycles. The summed E-state index contributed by atoms with van der Waals surface area (Å²) in [6, 6.07) is 7.03. The van der Waals surface area contributed by atoms with Gasteiger partial charge in [-0.15, -0.1) is 0 Å². The van der Waals surface area contributed by atoms with Gasteiger partial charge < -0.3 is 9.67 Å². The largest absolute Gasteiger partial charge is 0.396 e. The van der Waals surface area contributed by atoms with Gasteiger partial charge in [0.1, 0.15) is 5.82 Å². The topological polar surface area (TPSA) is 25.2 Å². The Bertz CT molecular complexity index is 478. The lowest BCUT2D eigenvalue weighted by atomic mass is 10.2. The number of unbranched alkanes of at least 4 members (excludes halogenated alkanes) is 3. The van der Waals surface area contributed by atoms with Crippen molar-refractivity contribution in [1.29, 1.82) is 0 Å². The molecule has 3 heteroatoms. The SMILES string of the molecule is OCCCCCCn1ccc2c(F)cccc21. The van der Waals surface area contributed by atoms with Gasteiger partial charge in [0, 0.05) is 24.7 Å². The maximum atomic E-state index is 13.4. The number of hydrogen-bond acceptors (Lipinski definition) is 1. The number of hydrogen-bond donors (Lipinski definition) is 1. The highest BCUT2D eigenvalue weighted by Crippen LogP contribution is 2.19. The van der Waals surface area contributed by atoms with Gasteiger partial charge in [0.25, 0.3) is 0 Å². The van der Waals surface area contributed by atoms with E-state index in [9.17, 15) is 4.39 Å². The molecule has 0 spiro atoms. The average Bonchev–Trinajstić information content (AvgIpc) is 2.74. The van der Waals surface area contributed by atoms with Gasteiger partial charge in [0.2, 0.25) is 0 Å². The van der Waals surface area contributed by atoms with Crippen LogP contribution in [0.1, 0.15) is 25.7 Å². The number of aliphatic hydroxyl groups excluding tert-OH is 1. The summed E-state index contributed by atoms with van der Waals surface area (Å²) in [5, 5.41) is 9.37. The van der Waals surface area contributed by atoms with Gasteiger partial charge in [-0.3, -0.25) is 0 Å². The lowest BCUT2D eigenvalue weighted by Gasteiger charge is -2.05. The van der Waals surface area contributed by atoms with E-state index in [0.717, 1.165) is 37.7 Å². The highest BCUT2D eigenvalue weighted by molar-refractivity contribution is 5.80. The monoisotopic (exact) mass is 235 g/mol. The Labute approximate surface area is 101 Å². The zero-order chi connectivity index (χ0) is 12.1. The fraction of sp³-hybridized carbons (Fsp3) is 0.429. The van der Waals surface area contributed by atoms with Gasteiger partial charge >= 0.3 is 0 Å². The second kappa shape index (κ2) is 5.82. The highest BCUT2D eigenvalue weighted by Gasteiger charge is 2.04. The standard InChI is InChI=1S/C14H18FNO/c15-13-6-5-7-14-12(13)8-10-16(14)9-3-1-2-4-11-17/h5-8,10,17H,1-4,9,11H2. The summed E-state index contributed by atoms with van der Waals surface area (Å²) in [5.74, 6) is -0.151. The molecule has 0 saturated carbocycles. The molecule has 0 aliphatic heterocycles. The molecule has 1 aromatic carbocycles. The molecule has 0 aliphatic rings. The van der Waals surface area contributed by atoms with E-state index in [2.05, 4.69) is 4.57 Å². The Hall–Kier alpha value is -1.35. The Kier molecular flexibility index (Phi) is 4.15. The summed E-state index contributed by atoms with van der Waals surface area (Å²) in [5.41, 5.74) is 0.965. The predicted molar refractivity (Wildman–Crippen MR) is 67.4 cm³/mol. The molecule has 0 atom stereocenters. The number of aliphatic hydroxyl groups is 1. The molecule has 2 aromatic rings.